The first-order valence-electron chi connectivity index (χ1n) is 4.76. The van der Waals surface area contributed by atoms with E-state index in [1.165, 1.54) is 0 Å². The monoisotopic (exact) mass is 205 g/mol. The van der Waals surface area contributed by atoms with E-state index < -0.39 is 12.0 Å². The summed E-state index contributed by atoms with van der Waals surface area (Å²) >= 11 is 0. The molecule has 0 aromatic carbocycles. The van der Waals surface area contributed by atoms with Crippen molar-refractivity contribution in [3.05, 3.63) is 0 Å². The SMILES string of the molecule is CCOCC(C)OC(=O)[C@@H](N)CCO. The van der Waals surface area contributed by atoms with E-state index in [1.807, 2.05) is 6.92 Å². The van der Waals surface area contributed by atoms with Crippen LogP contribution in [0.5, 0.6) is 0 Å². The summed E-state index contributed by atoms with van der Waals surface area (Å²) in [5.41, 5.74) is 5.43. The van der Waals surface area contributed by atoms with Gasteiger partial charge in [0.05, 0.1) is 6.61 Å². The van der Waals surface area contributed by atoms with Crippen LogP contribution in [0.2, 0.25) is 0 Å². The Kier molecular flexibility index (Phi) is 7.37. The first kappa shape index (κ1) is 13.4. The molecular formula is C9H19NO4. The van der Waals surface area contributed by atoms with E-state index in [-0.39, 0.29) is 19.1 Å². The summed E-state index contributed by atoms with van der Waals surface area (Å²) in [6, 6.07) is -0.746. The molecule has 3 N–H and O–H groups in total. The number of aliphatic hydroxyl groups excluding tert-OH is 1. The van der Waals surface area contributed by atoms with Crippen molar-refractivity contribution in [2.24, 2.45) is 5.73 Å². The van der Waals surface area contributed by atoms with Crippen molar-refractivity contribution < 1.29 is 19.4 Å². The van der Waals surface area contributed by atoms with Gasteiger partial charge in [0.15, 0.2) is 0 Å². The Balaban J connectivity index is 3.69. The molecule has 0 bridgehead atoms. The largest absolute Gasteiger partial charge is 0.459 e. The number of ether oxygens (including phenoxy) is 2. The van der Waals surface area contributed by atoms with Crippen molar-refractivity contribution in [3.8, 4) is 0 Å². The Morgan fingerprint density at radius 1 is 1.57 bits per heavy atom. The normalized spacial score (nSPS) is 14.9. The van der Waals surface area contributed by atoms with E-state index in [9.17, 15) is 4.79 Å². The van der Waals surface area contributed by atoms with Gasteiger partial charge in [-0.15, -0.1) is 0 Å². The van der Waals surface area contributed by atoms with E-state index in [0.717, 1.165) is 0 Å². The summed E-state index contributed by atoms with van der Waals surface area (Å²) in [5.74, 6) is -0.494. The number of aliphatic hydroxyl groups is 1. The Labute approximate surface area is 84.2 Å². The molecule has 0 aromatic rings. The minimum atomic E-state index is -0.746. The fourth-order valence-corrected chi connectivity index (χ4v) is 0.860. The summed E-state index contributed by atoms with van der Waals surface area (Å²) in [6.45, 7) is 4.44. The number of hydrogen-bond donors (Lipinski definition) is 2. The highest BCUT2D eigenvalue weighted by Gasteiger charge is 2.17. The second-order valence-electron chi connectivity index (χ2n) is 3.03. The number of hydrogen-bond acceptors (Lipinski definition) is 5. The third-order valence-electron chi connectivity index (χ3n) is 1.62. The first-order valence-corrected chi connectivity index (χ1v) is 4.76. The van der Waals surface area contributed by atoms with Crippen LogP contribution in [0.4, 0.5) is 0 Å². The molecule has 2 atom stereocenters. The van der Waals surface area contributed by atoms with Crippen molar-refractivity contribution in [2.45, 2.75) is 32.4 Å². The van der Waals surface area contributed by atoms with Crippen LogP contribution < -0.4 is 5.73 Å². The zero-order valence-electron chi connectivity index (χ0n) is 8.73. The molecule has 5 heteroatoms. The van der Waals surface area contributed by atoms with Crippen molar-refractivity contribution in [2.75, 3.05) is 19.8 Å². The van der Waals surface area contributed by atoms with Gasteiger partial charge in [-0.1, -0.05) is 0 Å². The fourth-order valence-electron chi connectivity index (χ4n) is 0.860. The van der Waals surface area contributed by atoms with E-state index in [4.69, 9.17) is 20.3 Å². The maximum absolute atomic E-state index is 11.2. The molecule has 5 nitrogen and oxygen atoms in total. The minimum Gasteiger partial charge on any atom is -0.459 e. The molecule has 0 aromatic heterocycles. The quantitative estimate of drug-likeness (QED) is 0.556. The predicted octanol–water partition coefficient (Wildman–Crippen LogP) is -0.336. The molecule has 0 rings (SSSR count). The lowest BCUT2D eigenvalue weighted by molar-refractivity contribution is -0.152. The Bertz CT molecular complexity index is 163. The van der Waals surface area contributed by atoms with Gasteiger partial charge in [-0.05, 0) is 20.3 Å². The maximum Gasteiger partial charge on any atom is 0.323 e. The number of nitrogens with two attached hydrogens (primary N) is 1. The van der Waals surface area contributed by atoms with Crippen LogP contribution in [0.15, 0.2) is 0 Å². The Morgan fingerprint density at radius 2 is 2.21 bits per heavy atom. The van der Waals surface area contributed by atoms with Crippen LogP contribution in [0.25, 0.3) is 0 Å². The standard InChI is InChI=1S/C9H19NO4/c1-3-13-6-7(2)14-9(12)8(10)4-5-11/h7-8,11H,3-6,10H2,1-2H3/t7?,8-/m0/s1. The zero-order chi connectivity index (χ0) is 11.0. The summed E-state index contributed by atoms with van der Waals surface area (Å²) in [6.07, 6.45) is -0.0765. The second-order valence-corrected chi connectivity index (χ2v) is 3.03. The third kappa shape index (κ3) is 5.90. The van der Waals surface area contributed by atoms with Crippen molar-refractivity contribution >= 4 is 5.97 Å². The van der Waals surface area contributed by atoms with Gasteiger partial charge in [0.25, 0.3) is 0 Å². The lowest BCUT2D eigenvalue weighted by Crippen LogP contribution is -2.36. The molecule has 0 saturated carbocycles. The highest BCUT2D eigenvalue weighted by atomic mass is 16.6. The zero-order valence-corrected chi connectivity index (χ0v) is 8.73. The van der Waals surface area contributed by atoms with Gasteiger partial charge in [0, 0.05) is 13.2 Å². The lowest BCUT2D eigenvalue weighted by atomic mass is 10.2. The first-order chi connectivity index (χ1) is 6.61. The molecule has 0 aliphatic heterocycles. The van der Waals surface area contributed by atoms with Crippen LogP contribution in [0.3, 0.4) is 0 Å². The summed E-state index contributed by atoms with van der Waals surface area (Å²) in [7, 11) is 0. The number of carbonyl (C=O) groups excluding carboxylic acids is 1. The molecule has 0 heterocycles. The molecule has 0 amide bonds. The van der Waals surface area contributed by atoms with Crippen molar-refractivity contribution in [1.29, 1.82) is 0 Å². The van der Waals surface area contributed by atoms with Gasteiger partial charge in [-0.3, -0.25) is 4.79 Å². The second kappa shape index (κ2) is 7.73. The van der Waals surface area contributed by atoms with Gasteiger partial charge in [0.2, 0.25) is 0 Å². The maximum atomic E-state index is 11.2. The Morgan fingerprint density at radius 3 is 2.71 bits per heavy atom. The Hall–Kier alpha value is -0.650. The molecule has 0 aliphatic carbocycles. The molecule has 0 radical (unpaired) electrons. The van der Waals surface area contributed by atoms with Crippen LogP contribution in [-0.4, -0.2) is 43.0 Å². The van der Waals surface area contributed by atoms with Crippen molar-refractivity contribution in [1.82, 2.24) is 0 Å². The summed E-state index contributed by atoms with van der Waals surface area (Å²) in [5, 5.41) is 8.55. The van der Waals surface area contributed by atoms with Gasteiger partial charge in [-0.2, -0.15) is 0 Å². The summed E-state index contributed by atoms with van der Waals surface area (Å²) in [4.78, 5) is 11.2. The number of rotatable bonds is 7. The molecule has 1 unspecified atom stereocenters. The smallest absolute Gasteiger partial charge is 0.323 e. The molecule has 0 fully saturated rings. The highest BCUT2D eigenvalue weighted by molar-refractivity contribution is 5.75. The topological polar surface area (TPSA) is 81.8 Å². The average molecular weight is 205 g/mol. The molecule has 0 spiro atoms. The lowest BCUT2D eigenvalue weighted by Gasteiger charge is -2.15. The van der Waals surface area contributed by atoms with Gasteiger partial charge in [0.1, 0.15) is 12.1 Å². The average Bonchev–Trinajstić information content (AvgIpc) is 2.15. The van der Waals surface area contributed by atoms with Gasteiger partial charge >= 0.3 is 5.97 Å². The van der Waals surface area contributed by atoms with Gasteiger partial charge < -0.3 is 20.3 Å². The molecule has 84 valence electrons. The number of carbonyl (C=O) groups is 1. The molecule has 0 aliphatic rings. The van der Waals surface area contributed by atoms with Crippen LogP contribution in [0, 0.1) is 0 Å². The molecule has 0 saturated heterocycles. The minimum absolute atomic E-state index is 0.115. The summed E-state index contributed by atoms with van der Waals surface area (Å²) < 4.78 is 10.0. The predicted molar refractivity (Wildman–Crippen MR) is 51.7 cm³/mol. The fraction of sp³-hybridized carbons (Fsp3) is 0.889. The highest BCUT2D eigenvalue weighted by Crippen LogP contribution is 1.97. The molecular weight excluding hydrogens is 186 g/mol. The van der Waals surface area contributed by atoms with E-state index >= 15 is 0 Å². The van der Waals surface area contributed by atoms with E-state index in [1.54, 1.807) is 6.92 Å². The third-order valence-corrected chi connectivity index (χ3v) is 1.62. The van der Waals surface area contributed by atoms with E-state index in [2.05, 4.69) is 0 Å². The van der Waals surface area contributed by atoms with Crippen LogP contribution in [-0.2, 0) is 14.3 Å². The van der Waals surface area contributed by atoms with Crippen molar-refractivity contribution in [3.63, 3.8) is 0 Å². The van der Waals surface area contributed by atoms with Crippen LogP contribution >= 0.6 is 0 Å². The number of esters is 1. The molecule has 14 heavy (non-hydrogen) atoms. The van der Waals surface area contributed by atoms with Crippen LogP contribution in [0.1, 0.15) is 20.3 Å². The van der Waals surface area contributed by atoms with E-state index in [0.29, 0.717) is 13.2 Å². The van der Waals surface area contributed by atoms with Gasteiger partial charge in [-0.25, -0.2) is 0 Å².